The van der Waals surface area contributed by atoms with Crippen LogP contribution in [-0.4, -0.2) is 31.2 Å². The number of carbonyl (C=O) groups excluding carboxylic acids is 1. The zero-order valence-electron chi connectivity index (χ0n) is 12.5. The molecule has 0 aliphatic carbocycles. The Balaban J connectivity index is 2.09. The lowest BCUT2D eigenvalue weighted by Crippen LogP contribution is -2.14. The summed E-state index contributed by atoms with van der Waals surface area (Å²) in [5.41, 5.74) is 2.77. The number of ether oxygens (including phenoxy) is 1. The van der Waals surface area contributed by atoms with Gasteiger partial charge in [0.05, 0.1) is 17.9 Å². The molecule has 6 heteroatoms. The molecule has 0 atom stereocenters. The number of aromatic nitrogens is 1. The Hall–Kier alpha value is -2.11. The summed E-state index contributed by atoms with van der Waals surface area (Å²) in [5.74, 6) is -0.228. The molecule has 1 aromatic heterocycles. The van der Waals surface area contributed by atoms with Crippen LogP contribution in [0.1, 0.15) is 15.9 Å². The van der Waals surface area contributed by atoms with Crippen molar-refractivity contribution >= 4 is 28.9 Å². The zero-order valence-corrected chi connectivity index (χ0v) is 13.3. The normalized spacial score (nSPS) is 10.3. The summed E-state index contributed by atoms with van der Waals surface area (Å²) in [5, 5.41) is 6.60. The van der Waals surface area contributed by atoms with Crippen LogP contribution in [0, 0.1) is 6.92 Å². The third kappa shape index (κ3) is 4.19. The zero-order chi connectivity index (χ0) is 15.9. The van der Waals surface area contributed by atoms with Gasteiger partial charge in [-0.15, -0.1) is 0 Å². The average molecular weight is 320 g/mol. The molecule has 0 saturated heterocycles. The molecule has 0 spiro atoms. The number of anilines is 2. The third-order valence-electron chi connectivity index (χ3n) is 3.15. The van der Waals surface area contributed by atoms with Gasteiger partial charge in [0.2, 0.25) is 0 Å². The molecule has 2 aromatic rings. The lowest BCUT2D eigenvalue weighted by Gasteiger charge is -2.10. The Morgan fingerprint density at radius 3 is 2.95 bits per heavy atom. The van der Waals surface area contributed by atoms with Crippen molar-refractivity contribution in [3.63, 3.8) is 0 Å². The molecule has 5 nitrogen and oxygen atoms in total. The minimum Gasteiger partial charge on any atom is -0.383 e. The Labute approximate surface area is 134 Å². The van der Waals surface area contributed by atoms with Crippen LogP contribution in [0.2, 0.25) is 5.02 Å². The summed E-state index contributed by atoms with van der Waals surface area (Å²) in [7, 11) is 1.64. The second-order valence-corrected chi connectivity index (χ2v) is 5.16. The molecule has 1 heterocycles. The van der Waals surface area contributed by atoms with Crippen LogP contribution in [0.15, 0.2) is 36.7 Å². The highest BCUT2D eigenvalue weighted by Gasteiger charge is 2.10. The van der Waals surface area contributed by atoms with Gasteiger partial charge in [-0.25, -0.2) is 0 Å². The minimum absolute atomic E-state index is 0.228. The molecule has 0 aliphatic heterocycles. The molecule has 116 valence electrons. The van der Waals surface area contributed by atoms with Gasteiger partial charge in [0.25, 0.3) is 5.91 Å². The number of methoxy groups -OCH3 is 1. The number of carbonyl (C=O) groups is 1. The van der Waals surface area contributed by atoms with Gasteiger partial charge in [0.15, 0.2) is 0 Å². The number of amides is 1. The fourth-order valence-electron chi connectivity index (χ4n) is 1.90. The first-order valence-electron chi connectivity index (χ1n) is 6.86. The molecule has 0 bridgehead atoms. The summed E-state index contributed by atoms with van der Waals surface area (Å²) in [4.78, 5) is 16.4. The number of benzene rings is 1. The lowest BCUT2D eigenvalue weighted by molar-refractivity contribution is 0.102. The Bertz CT molecular complexity index is 662. The number of hydrogen-bond donors (Lipinski definition) is 2. The highest BCUT2D eigenvalue weighted by Crippen LogP contribution is 2.23. The number of nitrogens with one attached hydrogen (secondary N) is 2. The second-order valence-electron chi connectivity index (χ2n) is 4.75. The van der Waals surface area contributed by atoms with Gasteiger partial charge in [0, 0.05) is 36.8 Å². The first kappa shape index (κ1) is 16.3. The van der Waals surface area contributed by atoms with Crippen molar-refractivity contribution in [3.05, 3.63) is 52.8 Å². The molecule has 22 heavy (non-hydrogen) atoms. The molecule has 1 amide bonds. The number of hydrogen-bond acceptors (Lipinski definition) is 4. The molecule has 2 rings (SSSR count). The van der Waals surface area contributed by atoms with E-state index in [1.165, 1.54) is 6.20 Å². The highest BCUT2D eigenvalue weighted by molar-refractivity contribution is 6.31. The average Bonchev–Trinajstić information content (AvgIpc) is 2.52. The van der Waals surface area contributed by atoms with E-state index in [0.29, 0.717) is 29.4 Å². The SMILES string of the molecule is COCCNc1cncc(C(=O)Nc2cccc(Cl)c2C)c1. The van der Waals surface area contributed by atoms with Gasteiger partial charge in [-0.2, -0.15) is 0 Å². The first-order chi connectivity index (χ1) is 10.6. The van der Waals surface area contributed by atoms with Crippen LogP contribution in [0.25, 0.3) is 0 Å². The van der Waals surface area contributed by atoms with E-state index in [1.807, 2.05) is 13.0 Å². The van der Waals surface area contributed by atoms with Crippen LogP contribution >= 0.6 is 11.6 Å². The number of halogens is 1. The Morgan fingerprint density at radius 2 is 2.18 bits per heavy atom. The van der Waals surface area contributed by atoms with E-state index >= 15 is 0 Å². The van der Waals surface area contributed by atoms with E-state index in [2.05, 4.69) is 15.6 Å². The second kappa shape index (κ2) is 7.77. The van der Waals surface area contributed by atoms with E-state index in [4.69, 9.17) is 16.3 Å². The molecule has 1 aromatic carbocycles. The maximum Gasteiger partial charge on any atom is 0.257 e. The van der Waals surface area contributed by atoms with Crippen molar-refractivity contribution in [1.82, 2.24) is 4.98 Å². The van der Waals surface area contributed by atoms with E-state index < -0.39 is 0 Å². The van der Waals surface area contributed by atoms with Gasteiger partial charge in [-0.05, 0) is 30.7 Å². The monoisotopic (exact) mass is 319 g/mol. The van der Waals surface area contributed by atoms with Crippen LogP contribution < -0.4 is 10.6 Å². The molecular weight excluding hydrogens is 302 g/mol. The molecule has 0 aliphatic rings. The maximum atomic E-state index is 12.3. The molecule has 0 unspecified atom stereocenters. The summed E-state index contributed by atoms with van der Waals surface area (Å²) < 4.78 is 4.97. The van der Waals surface area contributed by atoms with Crippen LogP contribution in [-0.2, 0) is 4.74 Å². The van der Waals surface area contributed by atoms with E-state index in [1.54, 1.807) is 31.5 Å². The summed E-state index contributed by atoms with van der Waals surface area (Å²) >= 11 is 6.05. The lowest BCUT2D eigenvalue weighted by atomic mass is 10.2. The summed E-state index contributed by atoms with van der Waals surface area (Å²) in [6.07, 6.45) is 3.19. The van der Waals surface area contributed by atoms with Crippen molar-refractivity contribution in [3.8, 4) is 0 Å². The van der Waals surface area contributed by atoms with Crippen molar-refractivity contribution < 1.29 is 9.53 Å². The third-order valence-corrected chi connectivity index (χ3v) is 3.56. The first-order valence-corrected chi connectivity index (χ1v) is 7.24. The van der Waals surface area contributed by atoms with E-state index in [9.17, 15) is 4.79 Å². The van der Waals surface area contributed by atoms with Gasteiger partial charge in [-0.1, -0.05) is 17.7 Å². The van der Waals surface area contributed by atoms with Crippen molar-refractivity contribution in [2.45, 2.75) is 6.92 Å². The number of nitrogens with zero attached hydrogens (tertiary/aromatic N) is 1. The predicted octanol–water partition coefficient (Wildman–Crippen LogP) is 3.35. The van der Waals surface area contributed by atoms with Gasteiger partial charge in [0.1, 0.15) is 0 Å². The standard InChI is InChI=1S/C16H18ClN3O2/c1-11-14(17)4-3-5-15(11)20-16(21)12-8-13(10-18-9-12)19-6-7-22-2/h3-5,8-10,19H,6-7H2,1-2H3,(H,20,21). The molecule has 0 fully saturated rings. The quantitative estimate of drug-likeness (QED) is 0.801. The molecule has 2 N–H and O–H groups in total. The fraction of sp³-hybridized carbons (Fsp3) is 0.250. The van der Waals surface area contributed by atoms with Crippen LogP contribution in [0.4, 0.5) is 11.4 Å². The fourth-order valence-corrected chi connectivity index (χ4v) is 2.07. The highest BCUT2D eigenvalue weighted by atomic mass is 35.5. The topological polar surface area (TPSA) is 63.2 Å². The van der Waals surface area contributed by atoms with E-state index in [0.717, 1.165) is 11.3 Å². The van der Waals surface area contributed by atoms with Gasteiger partial charge in [-0.3, -0.25) is 9.78 Å². The predicted molar refractivity (Wildman–Crippen MR) is 88.7 cm³/mol. The summed E-state index contributed by atoms with van der Waals surface area (Å²) in [6, 6.07) is 7.14. The summed E-state index contributed by atoms with van der Waals surface area (Å²) in [6.45, 7) is 3.09. The van der Waals surface area contributed by atoms with Crippen LogP contribution in [0.5, 0.6) is 0 Å². The molecule has 0 radical (unpaired) electrons. The van der Waals surface area contributed by atoms with Crippen molar-refractivity contribution in [1.29, 1.82) is 0 Å². The molecule has 0 saturated carbocycles. The maximum absolute atomic E-state index is 12.3. The number of rotatable bonds is 6. The minimum atomic E-state index is -0.228. The van der Waals surface area contributed by atoms with Crippen LogP contribution in [0.3, 0.4) is 0 Å². The smallest absolute Gasteiger partial charge is 0.257 e. The largest absolute Gasteiger partial charge is 0.383 e. The van der Waals surface area contributed by atoms with Gasteiger partial charge < -0.3 is 15.4 Å². The van der Waals surface area contributed by atoms with E-state index in [-0.39, 0.29) is 5.91 Å². The van der Waals surface area contributed by atoms with Crippen molar-refractivity contribution in [2.24, 2.45) is 0 Å². The van der Waals surface area contributed by atoms with Crippen molar-refractivity contribution in [2.75, 3.05) is 30.9 Å². The Morgan fingerprint density at radius 1 is 1.36 bits per heavy atom. The number of pyridine rings is 1. The van der Waals surface area contributed by atoms with Gasteiger partial charge >= 0.3 is 0 Å². The Kier molecular flexibility index (Phi) is 5.75. The molecular formula is C16H18ClN3O2.